The number of amides is 2. The van der Waals surface area contributed by atoms with Gasteiger partial charge in [-0.15, -0.1) is 10.2 Å². The number of nitriles is 1. The number of alkyl halides is 3. The monoisotopic (exact) mass is 527 g/mol. The molecule has 0 radical (unpaired) electrons. The number of anilines is 3. The Morgan fingerprint density at radius 3 is 2.58 bits per heavy atom. The molecule has 3 heterocycles. The first-order valence-corrected chi connectivity index (χ1v) is 11.2. The number of carbonyl (C=O) groups excluding carboxylic acids is 1. The lowest BCUT2D eigenvalue weighted by Gasteiger charge is -2.31. The Kier molecular flexibility index (Phi) is 7.51. The van der Waals surface area contributed by atoms with Crippen molar-refractivity contribution in [2.24, 2.45) is 0 Å². The number of rotatable bonds is 7. The Bertz CT molecular complexity index is 1390. The van der Waals surface area contributed by atoms with Crippen LogP contribution in [-0.4, -0.2) is 56.9 Å². The highest BCUT2D eigenvalue weighted by molar-refractivity contribution is 5.92. The van der Waals surface area contributed by atoms with Gasteiger partial charge in [0.05, 0.1) is 29.4 Å². The van der Waals surface area contributed by atoms with Gasteiger partial charge in [0.2, 0.25) is 0 Å². The molecule has 196 valence electrons. The third kappa shape index (κ3) is 6.03. The number of hydrogen-bond acceptors (Lipinski definition) is 9. The molecule has 0 saturated heterocycles. The van der Waals surface area contributed by atoms with E-state index in [1.54, 1.807) is 11.0 Å². The van der Waals surface area contributed by atoms with Crippen LogP contribution in [-0.2, 0) is 19.1 Å². The molecule has 0 spiro atoms. The maximum absolute atomic E-state index is 13.4. The normalized spacial score (nSPS) is 12.7. The summed E-state index contributed by atoms with van der Waals surface area (Å²) in [7, 11) is 0. The van der Waals surface area contributed by atoms with Crippen LogP contribution >= 0.6 is 0 Å². The minimum atomic E-state index is -4.65. The second-order valence-electron chi connectivity index (χ2n) is 8.08. The van der Waals surface area contributed by atoms with E-state index in [0.29, 0.717) is 36.0 Å². The van der Waals surface area contributed by atoms with Crippen molar-refractivity contribution in [3.05, 3.63) is 64.7 Å². The average molecular weight is 527 g/mol. The van der Waals surface area contributed by atoms with E-state index in [2.05, 4.69) is 36.1 Å². The first-order chi connectivity index (χ1) is 18.2. The molecule has 4 N–H and O–H groups in total. The molecule has 4 rings (SSSR count). The van der Waals surface area contributed by atoms with Gasteiger partial charge in [-0.2, -0.15) is 18.4 Å². The van der Waals surface area contributed by atoms with Gasteiger partial charge in [-0.1, -0.05) is 0 Å². The number of fused-ring (bicyclic) bond motifs is 1. The highest BCUT2D eigenvalue weighted by Gasteiger charge is 2.34. The van der Waals surface area contributed by atoms with Crippen LogP contribution in [0.2, 0.25) is 0 Å². The molecular formula is C23H20F3N9O3. The van der Waals surface area contributed by atoms with Crippen LogP contribution in [0.15, 0.2) is 36.7 Å². The molecule has 0 fully saturated rings. The van der Waals surface area contributed by atoms with E-state index in [1.165, 1.54) is 24.5 Å². The highest BCUT2D eigenvalue weighted by atomic mass is 19.4. The summed E-state index contributed by atoms with van der Waals surface area (Å²) < 4.78 is 40.2. The quantitative estimate of drug-likeness (QED) is 0.335. The highest BCUT2D eigenvalue weighted by Crippen LogP contribution is 2.36. The molecule has 12 nitrogen and oxygen atoms in total. The van der Waals surface area contributed by atoms with Gasteiger partial charge < -0.3 is 26.0 Å². The van der Waals surface area contributed by atoms with Crippen molar-refractivity contribution in [3.63, 3.8) is 0 Å². The van der Waals surface area contributed by atoms with Crippen LogP contribution in [0.4, 0.5) is 35.3 Å². The van der Waals surface area contributed by atoms with Crippen LogP contribution in [0.5, 0.6) is 0 Å². The molecule has 0 atom stereocenters. The third-order valence-corrected chi connectivity index (χ3v) is 5.63. The fourth-order valence-corrected chi connectivity index (χ4v) is 3.82. The van der Waals surface area contributed by atoms with Crippen LogP contribution in [0.1, 0.15) is 32.9 Å². The maximum atomic E-state index is 13.4. The number of carboxylic acid groups (broad SMARTS) is 1. The lowest BCUT2D eigenvalue weighted by atomic mass is 10.0. The van der Waals surface area contributed by atoms with E-state index in [9.17, 15) is 22.8 Å². The SMILES string of the molecule is N#Cc1ccc(N2CCc3c(ncnc3Nc3ccc(C(=O)NCCNC(=O)O)nn3)C2)cc1C(F)(F)F. The van der Waals surface area contributed by atoms with E-state index in [-0.39, 0.29) is 25.3 Å². The second kappa shape index (κ2) is 10.9. The van der Waals surface area contributed by atoms with Crippen molar-refractivity contribution in [1.82, 2.24) is 30.8 Å². The van der Waals surface area contributed by atoms with E-state index in [0.717, 1.165) is 17.7 Å². The molecule has 2 amide bonds. The van der Waals surface area contributed by atoms with Gasteiger partial charge in [0.15, 0.2) is 11.5 Å². The second-order valence-corrected chi connectivity index (χ2v) is 8.08. The number of hydrogen-bond donors (Lipinski definition) is 4. The molecule has 0 saturated carbocycles. The van der Waals surface area contributed by atoms with Gasteiger partial charge in [0.1, 0.15) is 12.1 Å². The van der Waals surface area contributed by atoms with Crippen LogP contribution < -0.4 is 20.9 Å². The zero-order valence-electron chi connectivity index (χ0n) is 19.6. The van der Waals surface area contributed by atoms with Crippen LogP contribution in [0.25, 0.3) is 0 Å². The van der Waals surface area contributed by atoms with E-state index in [4.69, 9.17) is 10.4 Å². The first-order valence-electron chi connectivity index (χ1n) is 11.2. The van der Waals surface area contributed by atoms with Crippen molar-refractivity contribution in [1.29, 1.82) is 5.26 Å². The Morgan fingerprint density at radius 1 is 1.11 bits per heavy atom. The summed E-state index contributed by atoms with van der Waals surface area (Å²) in [5, 5.41) is 33.1. The molecule has 1 aliphatic heterocycles. The fourth-order valence-electron chi connectivity index (χ4n) is 3.82. The molecule has 1 aliphatic rings. The molecular weight excluding hydrogens is 507 g/mol. The van der Waals surface area contributed by atoms with Gasteiger partial charge in [-0.25, -0.2) is 14.8 Å². The van der Waals surface area contributed by atoms with E-state index in [1.807, 2.05) is 0 Å². The minimum absolute atomic E-state index is 0.0341. The maximum Gasteiger partial charge on any atom is 0.417 e. The van der Waals surface area contributed by atoms with Gasteiger partial charge in [0, 0.05) is 30.9 Å². The standard InChI is InChI=1S/C23H20F3N9O3/c24-23(25,26)16-9-14(2-1-13(16)10-27)35-8-5-15-18(11-35)30-12-31-20(15)32-19-4-3-17(33-34-19)21(36)28-6-7-29-22(37)38/h1-4,9,12,29H,5-8,11H2,(H,28,36)(H,37,38)(H,30,31,32,34). The summed E-state index contributed by atoms with van der Waals surface area (Å²) >= 11 is 0. The first kappa shape index (κ1) is 26.1. The van der Waals surface area contributed by atoms with Gasteiger partial charge in [-0.3, -0.25) is 4.79 Å². The van der Waals surface area contributed by atoms with Gasteiger partial charge >= 0.3 is 12.3 Å². The molecule has 15 heteroatoms. The smallest absolute Gasteiger partial charge is 0.417 e. The lowest BCUT2D eigenvalue weighted by Crippen LogP contribution is -2.34. The van der Waals surface area contributed by atoms with Gasteiger partial charge in [0.25, 0.3) is 5.91 Å². The lowest BCUT2D eigenvalue weighted by molar-refractivity contribution is -0.137. The molecule has 0 aliphatic carbocycles. The van der Waals surface area contributed by atoms with Crippen molar-refractivity contribution < 1.29 is 27.9 Å². The van der Waals surface area contributed by atoms with Crippen molar-refractivity contribution in [2.45, 2.75) is 19.1 Å². The zero-order chi connectivity index (χ0) is 27.3. The zero-order valence-corrected chi connectivity index (χ0v) is 19.6. The average Bonchev–Trinajstić information content (AvgIpc) is 2.90. The Hall–Kier alpha value is -5.00. The number of benzene rings is 1. The fraction of sp³-hybridized carbons (Fsp3) is 0.261. The number of nitrogens with one attached hydrogen (secondary N) is 3. The summed E-state index contributed by atoms with van der Waals surface area (Å²) in [6, 6.07) is 8.16. The Balaban J connectivity index is 1.44. The third-order valence-electron chi connectivity index (χ3n) is 5.63. The van der Waals surface area contributed by atoms with E-state index < -0.39 is 29.3 Å². The molecule has 0 unspecified atom stereocenters. The van der Waals surface area contributed by atoms with Crippen molar-refractivity contribution in [3.8, 4) is 6.07 Å². The van der Waals surface area contributed by atoms with Crippen molar-refractivity contribution >= 4 is 29.3 Å². The molecule has 3 aromatic rings. The Morgan fingerprint density at radius 2 is 1.89 bits per heavy atom. The minimum Gasteiger partial charge on any atom is -0.465 e. The van der Waals surface area contributed by atoms with Crippen LogP contribution in [0, 0.1) is 11.3 Å². The number of carbonyl (C=O) groups is 2. The predicted molar refractivity (Wildman–Crippen MR) is 127 cm³/mol. The summed E-state index contributed by atoms with van der Waals surface area (Å²) in [5.41, 5.74) is 0.322. The van der Waals surface area contributed by atoms with Crippen molar-refractivity contribution in [2.75, 3.05) is 29.9 Å². The topological polar surface area (TPSA) is 169 Å². The largest absolute Gasteiger partial charge is 0.465 e. The molecule has 38 heavy (non-hydrogen) atoms. The predicted octanol–water partition coefficient (Wildman–Crippen LogP) is 2.46. The van der Waals surface area contributed by atoms with E-state index >= 15 is 0 Å². The number of halogens is 3. The summed E-state index contributed by atoms with van der Waals surface area (Å²) in [5.74, 6) is 0.239. The number of nitrogens with zero attached hydrogens (tertiary/aromatic N) is 6. The molecule has 1 aromatic carbocycles. The summed E-state index contributed by atoms with van der Waals surface area (Å²) in [4.78, 5) is 32.8. The Labute approximate surface area is 213 Å². The summed E-state index contributed by atoms with van der Waals surface area (Å²) in [6.45, 7) is 0.743. The number of aromatic nitrogens is 4. The van der Waals surface area contributed by atoms with Crippen LogP contribution in [0.3, 0.4) is 0 Å². The molecule has 0 bridgehead atoms. The summed E-state index contributed by atoms with van der Waals surface area (Å²) in [6.07, 6.45) is -4.09. The van der Waals surface area contributed by atoms with Gasteiger partial charge in [-0.05, 0) is 36.8 Å². The molecule has 2 aromatic heterocycles.